The molecule has 3 aromatic rings. The summed E-state index contributed by atoms with van der Waals surface area (Å²) >= 11 is 0. The number of carbonyl (C=O) groups excluding carboxylic acids is 1. The van der Waals surface area contributed by atoms with E-state index >= 15 is 0 Å². The van der Waals surface area contributed by atoms with Crippen LogP contribution in [-0.2, 0) is 26.0 Å². The van der Waals surface area contributed by atoms with Crippen LogP contribution in [0.1, 0.15) is 37.0 Å². The number of sulfonamides is 1. The molecular formula is C31H40N4O6S. The number of morpholine rings is 1. The van der Waals surface area contributed by atoms with Gasteiger partial charge in [0.15, 0.2) is 0 Å². The predicted molar refractivity (Wildman–Crippen MR) is 164 cm³/mol. The van der Waals surface area contributed by atoms with Crippen molar-refractivity contribution in [3.8, 4) is 5.75 Å². The number of nitrogens with one attached hydrogen (secondary N) is 3. The van der Waals surface area contributed by atoms with Crippen molar-refractivity contribution in [2.24, 2.45) is 0 Å². The zero-order chi connectivity index (χ0) is 29.8. The van der Waals surface area contributed by atoms with Gasteiger partial charge in [0, 0.05) is 31.0 Å². The van der Waals surface area contributed by atoms with Gasteiger partial charge in [0.2, 0.25) is 16.4 Å². The highest BCUT2D eigenvalue weighted by Crippen LogP contribution is 2.28. The van der Waals surface area contributed by atoms with Gasteiger partial charge < -0.3 is 30.5 Å². The topological polar surface area (TPSA) is 129 Å². The van der Waals surface area contributed by atoms with E-state index in [1.807, 2.05) is 30.3 Å². The maximum Gasteiger partial charge on any atom is 0.243 e. The number of nitrogens with zero attached hydrogens (tertiary/aromatic N) is 1. The van der Waals surface area contributed by atoms with E-state index in [9.17, 15) is 18.3 Å². The van der Waals surface area contributed by atoms with Crippen molar-refractivity contribution in [3.05, 3.63) is 77.9 Å². The van der Waals surface area contributed by atoms with Crippen molar-refractivity contribution in [2.75, 3.05) is 56.6 Å². The Labute approximate surface area is 248 Å². The Balaban J connectivity index is 1.23. The minimum atomic E-state index is -3.52. The average molecular weight is 597 g/mol. The van der Waals surface area contributed by atoms with Crippen LogP contribution in [0.3, 0.4) is 0 Å². The SMILES string of the molecule is CCCCOc1ccc([C@@H](O)CNCCc2ccc(Nc3ccc(S(=O)(=O)N4CCOCC4)cc3)cc2)cc1NC=O. The standard InChI is InChI=1S/C31H40N4O6S/c1-2-3-18-41-31-13-6-25(21-29(31)33-23-36)30(37)22-32-15-14-24-4-7-26(8-5-24)34-27-9-11-28(12-10-27)42(38,39)35-16-19-40-20-17-35/h4-13,21,23,30,32,34,37H,2-3,14-20,22H2,1H3,(H,33,36)/t30-/m0/s1. The third-order valence-electron chi connectivity index (χ3n) is 6.99. The number of hydrogen-bond donors (Lipinski definition) is 4. The summed E-state index contributed by atoms with van der Waals surface area (Å²) in [4.78, 5) is 11.3. The summed E-state index contributed by atoms with van der Waals surface area (Å²) in [6, 6.07) is 20.1. The predicted octanol–water partition coefficient (Wildman–Crippen LogP) is 4.06. The van der Waals surface area contributed by atoms with Gasteiger partial charge in [-0.15, -0.1) is 0 Å². The van der Waals surface area contributed by atoms with E-state index in [0.29, 0.717) is 69.4 Å². The monoisotopic (exact) mass is 596 g/mol. The molecule has 0 saturated carbocycles. The minimum absolute atomic E-state index is 0.273. The largest absolute Gasteiger partial charge is 0.491 e. The number of unbranched alkanes of at least 4 members (excludes halogenated alkanes) is 1. The number of hydrogen-bond acceptors (Lipinski definition) is 8. The summed E-state index contributed by atoms with van der Waals surface area (Å²) in [5, 5.41) is 19.9. The molecule has 4 N–H and O–H groups in total. The second kappa shape index (κ2) is 15.7. The molecule has 1 atom stereocenters. The highest BCUT2D eigenvalue weighted by molar-refractivity contribution is 7.89. The number of rotatable bonds is 16. The molecule has 0 bridgehead atoms. The normalized spacial score (nSPS) is 14.7. The van der Waals surface area contributed by atoms with Crippen molar-refractivity contribution in [2.45, 2.75) is 37.2 Å². The molecule has 1 saturated heterocycles. The lowest BCUT2D eigenvalue weighted by molar-refractivity contribution is -0.105. The molecule has 0 aliphatic carbocycles. The van der Waals surface area contributed by atoms with Crippen LogP contribution in [0, 0.1) is 0 Å². The Morgan fingerprint density at radius 3 is 2.38 bits per heavy atom. The molecule has 10 nitrogen and oxygen atoms in total. The number of ether oxygens (including phenoxy) is 2. The molecule has 0 radical (unpaired) electrons. The number of carbonyl (C=O) groups is 1. The lowest BCUT2D eigenvalue weighted by atomic mass is 10.1. The third kappa shape index (κ3) is 8.76. The summed E-state index contributed by atoms with van der Waals surface area (Å²) in [5.74, 6) is 0.589. The first-order chi connectivity index (χ1) is 20.4. The van der Waals surface area contributed by atoms with E-state index in [0.717, 1.165) is 36.2 Å². The summed E-state index contributed by atoms with van der Waals surface area (Å²) in [5.41, 5.74) is 4.07. The number of aliphatic hydroxyl groups excluding tert-OH is 1. The van der Waals surface area contributed by atoms with Crippen LogP contribution in [0.25, 0.3) is 0 Å². The Kier molecular flexibility index (Phi) is 11.7. The summed E-state index contributed by atoms with van der Waals surface area (Å²) < 4.78 is 38.1. The number of aliphatic hydroxyl groups is 1. The fraction of sp³-hybridized carbons (Fsp3) is 0.387. The number of benzene rings is 3. The zero-order valence-electron chi connectivity index (χ0n) is 23.9. The highest BCUT2D eigenvalue weighted by Gasteiger charge is 2.26. The van der Waals surface area contributed by atoms with Crippen LogP contribution in [0.15, 0.2) is 71.6 Å². The lowest BCUT2D eigenvalue weighted by Crippen LogP contribution is -2.40. The smallest absolute Gasteiger partial charge is 0.243 e. The van der Waals surface area contributed by atoms with E-state index in [4.69, 9.17) is 9.47 Å². The van der Waals surface area contributed by atoms with Gasteiger partial charge in [0.05, 0.1) is 36.5 Å². The molecule has 1 amide bonds. The molecule has 11 heteroatoms. The Hall–Kier alpha value is -3.48. The minimum Gasteiger partial charge on any atom is -0.491 e. The fourth-order valence-electron chi connectivity index (χ4n) is 4.54. The molecule has 0 aromatic heterocycles. The maximum atomic E-state index is 12.8. The van der Waals surface area contributed by atoms with Gasteiger partial charge in [0.1, 0.15) is 5.75 Å². The molecule has 0 spiro atoms. The van der Waals surface area contributed by atoms with E-state index in [1.165, 1.54) is 4.31 Å². The molecule has 42 heavy (non-hydrogen) atoms. The molecule has 4 rings (SSSR count). The van der Waals surface area contributed by atoms with Gasteiger partial charge in [-0.05, 0) is 79.0 Å². The second-order valence-corrected chi connectivity index (χ2v) is 12.0. The zero-order valence-corrected chi connectivity index (χ0v) is 24.7. The highest BCUT2D eigenvalue weighted by atomic mass is 32.2. The molecule has 1 heterocycles. The van der Waals surface area contributed by atoms with Crippen LogP contribution in [0.5, 0.6) is 5.75 Å². The first kappa shape index (κ1) is 31.5. The molecule has 1 fully saturated rings. The Morgan fingerprint density at radius 2 is 1.71 bits per heavy atom. The summed E-state index contributed by atoms with van der Waals surface area (Å²) in [6.45, 7) is 5.27. The van der Waals surface area contributed by atoms with Crippen molar-refractivity contribution < 1.29 is 27.8 Å². The van der Waals surface area contributed by atoms with Crippen LogP contribution >= 0.6 is 0 Å². The van der Waals surface area contributed by atoms with Crippen LogP contribution < -0.4 is 20.7 Å². The third-order valence-corrected chi connectivity index (χ3v) is 8.90. The lowest BCUT2D eigenvalue weighted by Gasteiger charge is -2.26. The molecule has 226 valence electrons. The molecule has 3 aromatic carbocycles. The van der Waals surface area contributed by atoms with Gasteiger partial charge in [-0.3, -0.25) is 4.79 Å². The van der Waals surface area contributed by atoms with E-state index in [2.05, 4.69) is 22.9 Å². The van der Waals surface area contributed by atoms with Crippen molar-refractivity contribution in [3.63, 3.8) is 0 Å². The fourth-order valence-corrected chi connectivity index (χ4v) is 5.95. The van der Waals surface area contributed by atoms with Gasteiger partial charge >= 0.3 is 0 Å². The second-order valence-electron chi connectivity index (χ2n) is 10.1. The van der Waals surface area contributed by atoms with Crippen LogP contribution in [0.2, 0.25) is 0 Å². The van der Waals surface area contributed by atoms with E-state index < -0.39 is 16.1 Å². The maximum absolute atomic E-state index is 12.8. The quantitative estimate of drug-likeness (QED) is 0.144. The molecule has 1 aliphatic rings. The van der Waals surface area contributed by atoms with E-state index in [1.54, 1.807) is 36.4 Å². The Morgan fingerprint density at radius 1 is 1.02 bits per heavy atom. The van der Waals surface area contributed by atoms with Crippen LogP contribution in [-0.4, -0.2) is 70.2 Å². The van der Waals surface area contributed by atoms with Crippen molar-refractivity contribution in [1.29, 1.82) is 0 Å². The number of amides is 1. The van der Waals surface area contributed by atoms with Gasteiger partial charge in [0.25, 0.3) is 0 Å². The summed E-state index contributed by atoms with van der Waals surface area (Å²) in [6.07, 6.45) is 2.59. The molecular weight excluding hydrogens is 556 g/mol. The van der Waals surface area contributed by atoms with Crippen molar-refractivity contribution >= 4 is 33.5 Å². The molecule has 1 aliphatic heterocycles. The number of anilines is 3. The first-order valence-corrected chi connectivity index (χ1v) is 15.7. The van der Waals surface area contributed by atoms with Gasteiger partial charge in [-0.1, -0.05) is 31.5 Å². The van der Waals surface area contributed by atoms with Crippen molar-refractivity contribution in [1.82, 2.24) is 9.62 Å². The molecule has 0 unspecified atom stereocenters. The average Bonchev–Trinajstić information content (AvgIpc) is 3.01. The Bertz CT molecular complexity index is 1380. The first-order valence-electron chi connectivity index (χ1n) is 14.3. The van der Waals surface area contributed by atoms with E-state index in [-0.39, 0.29) is 4.90 Å². The van der Waals surface area contributed by atoms with Crippen LogP contribution in [0.4, 0.5) is 17.1 Å². The van der Waals surface area contributed by atoms with Gasteiger partial charge in [-0.2, -0.15) is 4.31 Å². The van der Waals surface area contributed by atoms with Gasteiger partial charge in [-0.25, -0.2) is 8.42 Å². The summed E-state index contributed by atoms with van der Waals surface area (Å²) in [7, 11) is -3.52.